The van der Waals surface area contributed by atoms with Gasteiger partial charge < -0.3 is 4.90 Å². The first-order valence-corrected chi connectivity index (χ1v) is 9.81. The zero-order valence-electron chi connectivity index (χ0n) is 15.4. The molecule has 0 radical (unpaired) electrons. The highest BCUT2D eigenvalue weighted by molar-refractivity contribution is 7.89. The summed E-state index contributed by atoms with van der Waals surface area (Å²) in [5.41, 5.74) is 1.36. The van der Waals surface area contributed by atoms with Crippen molar-refractivity contribution in [1.82, 2.24) is 34.0 Å². The van der Waals surface area contributed by atoms with Crippen molar-refractivity contribution in [3.63, 3.8) is 0 Å². The molecule has 1 amide bonds. The Balaban J connectivity index is 1.79. The monoisotopic (exact) mass is 381 g/mol. The lowest BCUT2D eigenvalue weighted by atomic mass is 10.3. The van der Waals surface area contributed by atoms with E-state index in [1.54, 1.807) is 43.7 Å². The number of aromatic nitrogens is 5. The summed E-state index contributed by atoms with van der Waals surface area (Å²) in [6.07, 6.45) is 2.12. The van der Waals surface area contributed by atoms with Crippen LogP contribution in [0.5, 0.6) is 0 Å². The van der Waals surface area contributed by atoms with E-state index in [0.29, 0.717) is 37.4 Å². The number of hydrogen-bond acceptors (Lipinski definition) is 6. The maximum absolute atomic E-state index is 13.1. The molecule has 3 heterocycles. The molecule has 0 spiro atoms. The first-order valence-electron chi connectivity index (χ1n) is 8.37. The number of amides is 1. The fourth-order valence-electron chi connectivity index (χ4n) is 3.20. The Bertz CT molecular complexity index is 931. The van der Waals surface area contributed by atoms with Crippen LogP contribution >= 0.6 is 0 Å². The Morgan fingerprint density at radius 1 is 1.12 bits per heavy atom. The number of rotatable bonds is 3. The fourth-order valence-corrected chi connectivity index (χ4v) is 5.07. The van der Waals surface area contributed by atoms with Gasteiger partial charge in [0.1, 0.15) is 4.90 Å². The number of sulfonamides is 1. The molecule has 0 aliphatic carbocycles. The molecule has 142 valence electrons. The molecule has 0 saturated carbocycles. The Hall–Kier alpha value is -2.27. The van der Waals surface area contributed by atoms with Gasteiger partial charge in [0.15, 0.2) is 5.69 Å². The van der Waals surface area contributed by atoms with Gasteiger partial charge in [0.2, 0.25) is 10.0 Å². The van der Waals surface area contributed by atoms with Gasteiger partial charge in [0, 0.05) is 40.3 Å². The molecule has 2 aromatic rings. The second-order valence-corrected chi connectivity index (χ2v) is 8.33. The van der Waals surface area contributed by atoms with E-state index in [4.69, 9.17) is 0 Å². The summed E-state index contributed by atoms with van der Waals surface area (Å²) in [5.74, 6) is -0.230. The lowest BCUT2D eigenvalue weighted by Crippen LogP contribution is -2.37. The van der Waals surface area contributed by atoms with Crippen LogP contribution in [0.1, 0.15) is 28.3 Å². The van der Waals surface area contributed by atoms with Gasteiger partial charge in [0.05, 0.1) is 17.6 Å². The molecular weight excluding hydrogens is 358 g/mol. The van der Waals surface area contributed by atoms with Crippen LogP contribution in [0.15, 0.2) is 11.1 Å². The molecule has 2 aromatic heterocycles. The second-order valence-electron chi connectivity index (χ2n) is 6.45. The molecule has 0 aromatic carbocycles. The van der Waals surface area contributed by atoms with Crippen LogP contribution in [0.3, 0.4) is 0 Å². The standard InChI is InChI=1S/C15H23N7O3S/c1-11-14(12(2)20(4)17-11)26(24,25)22-7-5-6-21(8-9-22)15(23)13-10-19(3)18-16-13/h10H,5-9H2,1-4H3. The number of nitrogens with zero attached hydrogens (tertiary/aromatic N) is 7. The van der Waals surface area contributed by atoms with Crippen molar-refractivity contribution in [1.29, 1.82) is 0 Å². The summed E-state index contributed by atoms with van der Waals surface area (Å²) in [4.78, 5) is 14.4. The molecule has 1 aliphatic rings. The van der Waals surface area contributed by atoms with Crippen molar-refractivity contribution in [3.8, 4) is 0 Å². The van der Waals surface area contributed by atoms with Gasteiger partial charge in [-0.05, 0) is 20.3 Å². The second kappa shape index (κ2) is 6.80. The number of carbonyl (C=O) groups is 1. The van der Waals surface area contributed by atoms with Gasteiger partial charge in [0.25, 0.3) is 5.91 Å². The predicted octanol–water partition coefficient (Wildman–Crippen LogP) is -0.298. The SMILES string of the molecule is Cc1nn(C)c(C)c1S(=O)(=O)N1CCCN(C(=O)c2cn(C)nn2)CC1. The quantitative estimate of drug-likeness (QED) is 0.723. The number of aryl methyl sites for hydroxylation is 3. The highest BCUT2D eigenvalue weighted by Crippen LogP contribution is 2.24. The molecule has 11 heteroatoms. The van der Waals surface area contributed by atoms with Crippen molar-refractivity contribution in [2.75, 3.05) is 26.2 Å². The van der Waals surface area contributed by atoms with Gasteiger partial charge in [-0.25, -0.2) is 8.42 Å². The van der Waals surface area contributed by atoms with Crippen LogP contribution in [0.2, 0.25) is 0 Å². The minimum absolute atomic E-state index is 0.230. The van der Waals surface area contributed by atoms with Crippen LogP contribution in [-0.4, -0.2) is 74.5 Å². The molecule has 1 aliphatic heterocycles. The molecule has 0 N–H and O–H groups in total. The van der Waals surface area contributed by atoms with E-state index in [2.05, 4.69) is 15.4 Å². The summed E-state index contributed by atoms with van der Waals surface area (Å²) in [6.45, 7) is 4.83. The third-order valence-corrected chi connectivity index (χ3v) is 6.76. The van der Waals surface area contributed by atoms with E-state index in [1.807, 2.05) is 0 Å². The average Bonchev–Trinajstić information content (AvgIpc) is 2.99. The maximum atomic E-state index is 13.1. The van der Waals surface area contributed by atoms with Crippen molar-refractivity contribution in [2.45, 2.75) is 25.2 Å². The summed E-state index contributed by atoms with van der Waals surface area (Å²) in [5, 5.41) is 11.8. The van der Waals surface area contributed by atoms with Gasteiger partial charge in [-0.2, -0.15) is 9.40 Å². The molecule has 3 rings (SSSR count). The summed E-state index contributed by atoms with van der Waals surface area (Å²) in [6, 6.07) is 0. The van der Waals surface area contributed by atoms with Crippen LogP contribution in [-0.2, 0) is 24.1 Å². The molecule has 1 fully saturated rings. The maximum Gasteiger partial charge on any atom is 0.276 e. The molecule has 10 nitrogen and oxygen atoms in total. The average molecular weight is 381 g/mol. The summed E-state index contributed by atoms with van der Waals surface area (Å²) < 4.78 is 30.7. The van der Waals surface area contributed by atoms with E-state index in [1.165, 1.54) is 8.99 Å². The third kappa shape index (κ3) is 3.23. The van der Waals surface area contributed by atoms with Crippen molar-refractivity contribution >= 4 is 15.9 Å². The molecular formula is C15H23N7O3S. The Morgan fingerprint density at radius 2 is 1.85 bits per heavy atom. The topological polar surface area (TPSA) is 106 Å². The van der Waals surface area contributed by atoms with Crippen molar-refractivity contribution < 1.29 is 13.2 Å². The van der Waals surface area contributed by atoms with Crippen LogP contribution in [0.25, 0.3) is 0 Å². The molecule has 0 bridgehead atoms. The molecule has 0 unspecified atom stereocenters. The normalized spacial score (nSPS) is 16.7. The highest BCUT2D eigenvalue weighted by Gasteiger charge is 2.33. The van der Waals surface area contributed by atoms with Crippen LogP contribution < -0.4 is 0 Å². The largest absolute Gasteiger partial charge is 0.336 e. The summed E-state index contributed by atoms with van der Waals surface area (Å²) >= 11 is 0. The highest BCUT2D eigenvalue weighted by atomic mass is 32.2. The van der Waals surface area contributed by atoms with Gasteiger partial charge in [-0.1, -0.05) is 5.21 Å². The first kappa shape index (κ1) is 18.5. The zero-order valence-corrected chi connectivity index (χ0v) is 16.2. The molecule has 0 atom stereocenters. The minimum Gasteiger partial charge on any atom is -0.336 e. The smallest absolute Gasteiger partial charge is 0.276 e. The van der Waals surface area contributed by atoms with E-state index in [-0.39, 0.29) is 23.0 Å². The minimum atomic E-state index is -3.66. The van der Waals surface area contributed by atoms with E-state index < -0.39 is 10.0 Å². The van der Waals surface area contributed by atoms with Crippen molar-refractivity contribution in [3.05, 3.63) is 23.3 Å². The molecule has 1 saturated heterocycles. The van der Waals surface area contributed by atoms with E-state index >= 15 is 0 Å². The Labute approximate surface area is 152 Å². The number of hydrogen-bond donors (Lipinski definition) is 0. The first-order chi connectivity index (χ1) is 12.2. The Morgan fingerprint density at radius 3 is 2.42 bits per heavy atom. The van der Waals surface area contributed by atoms with E-state index in [9.17, 15) is 13.2 Å². The number of carbonyl (C=O) groups excluding carboxylic acids is 1. The zero-order chi connectivity index (χ0) is 19.1. The van der Waals surface area contributed by atoms with Crippen LogP contribution in [0.4, 0.5) is 0 Å². The van der Waals surface area contributed by atoms with Gasteiger partial charge >= 0.3 is 0 Å². The van der Waals surface area contributed by atoms with Crippen LogP contribution in [0, 0.1) is 13.8 Å². The predicted molar refractivity (Wildman–Crippen MR) is 93.0 cm³/mol. The lowest BCUT2D eigenvalue weighted by molar-refractivity contribution is 0.0758. The lowest BCUT2D eigenvalue weighted by Gasteiger charge is -2.21. The molecule has 26 heavy (non-hydrogen) atoms. The van der Waals surface area contributed by atoms with Gasteiger partial charge in [-0.3, -0.25) is 14.2 Å². The Kier molecular flexibility index (Phi) is 4.84. The van der Waals surface area contributed by atoms with Gasteiger partial charge in [-0.15, -0.1) is 5.10 Å². The summed E-state index contributed by atoms with van der Waals surface area (Å²) in [7, 11) is -0.235. The van der Waals surface area contributed by atoms with Crippen molar-refractivity contribution in [2.24, 2.45) is 14.1 Å². The van der Waals surface area contributed by atoms with E-state index in [0.717, 1.165) is 0 Å². The fraction of sp³-hybridized carbons (Fsp3) is 0.600. The third-order valence-electron chi connectivity index (χ3n) is 4.60.